The van der Waals surface area contributed by atoms with E-state index in [-0.39, 0.29) is 5.56 Å². The van der Waals surface area contributed by atoms with Gasteiger partial charge in [0.15, 0.2) is 6.23 Å². The molecule has 2 aromatic carbocycles. The molecule has 0 aliphatic rings. The van der Waals surface area contributed by atoms with E-state index in [9.17, 15) is 9.90 Å². The largest absolute Gasteiger partial charge is 0.470 e. The molecule has 4 nitrogen and oxygen atoms in total. The number of hydrogen-bond acceptors (Lipinski definition) is 3. The summed E-state index contributed by atoms with van der Waals surface area (Å²) in [6.45, 7) is 1.68. The van der Waals surface area contributed by atoms with Crippen LogP contribution in [0.25, 0.3) is 11.1 Å². The van der Waals surface area contributed by atoms with E-state index in [0.29, 0.717) is 12.2 Å². The van der Waals surface area contributed by atoms with Gasteiger partial charge in [-0.05, 0) is 36.2 Å². The second kappa shape index (κ2) is 7.81. The number of hydrogen-bond donors (Lipinski definition) is 1. The predicted octanol–water partition coefficient (Wildman–Crippen LogP) is 3.86. The molecule has 3 aromatic rings. The molecular formula is C21H21NO3. The van der Waals surface area contributed by atoms with E-state index in [0.717, 1.165) is 11.1 Å². The molecular weight excluding hydrogens is 314 g/mol. The highest BCUT2D eigenvalue weighted by Crippen LogP contribution is 2.25. The number of benzene rings is 2. The first kappa shape index (κ1) is 17.0. The van der Waals surface area contributed by atoms with Crippen LogP contribution in [0.15, 0.2) is 83.8 Å². The highest BCUT2D eigenvalue weighted by molar-refractivity contribution is 5.63. The summed E-state index contributed by atoms with van der Waals surface area (Å²) in [7, 11) is 0. The van der Waals surface area contributed by atoms with Crippen molar-refractivity contribution in [3.63, 3.8) is 0 Å². The zero-order valence-electron chi connectivity index (χ0n) is 14.1. The van der Waals surface area contributed by atoms with E-state index in [4.69, 9.17) is 4.74 Å². The van der Waals surface area contributed by atoms with Gasteiger partial charge in [-0.15, -0.1) is 0 Å². The van der Waals surface area contributed by atoms with Crippen LogP contribution in [0.5, 0.6) is 5.75 Å². The third-order valence-corrected chi connectivity index (χ3v) is 3.94. The van der Waals surface area contributed by atoms with Gasteiger partial charge in [0.1, 0.15) is 5.75 Å². The van der Waals surface area contributed by atoms with Gasteiger partial charge in [0, 0.05) is 18.7 Å². The fraction of sp³-hybridized carbons (Fsp3) is 0.190. The molecule has 4 heteroatoms. The summed E-state index contributed by atoms with van der Waals surface area (Å²) < 4.78 is 7.48. The maximum atomic E-state index is 12.1. The standard InChI is InChI=1S/C21H21NO3/c1-16(23)15-21(22-14-6-5-9-20(22)24)25-19-12-10-18(11-13-19)17-7-3-2-4-8-17/h2-14,16,21,23H,15H2,1H3. The van der Waals surface area contributed by atoms with Crippen LogP contribution in [0.2, 0.25) is 0 Å². The lowest BCUT2D eigenvalue weighted by atomic mass is 10.1. The van der Waals surface area contributed by atoms with E-state index in [1.165, 1.54) is 10.6 Å². The molecule has 0 spiro atoms. The molecule has 0 radical (unpaired) electrons. The number of pyridine rings is 1. The third-order valence-electron chi connectivity index (χ3n) is 3.94. The van der Waals surface area contributed by atoms with Crippen LogP contribution in [0, 0.1) is 0 Å². The molecule has 25 heavy (non-hydrogen) atoms. The molecule has 1 aromatic heterocycles. The van der Waals surface area contributed by atoms with Gasteiger partial charge in [0.25, 0.3) is 5.56 Å². The number of rotatable bonds is 6. The number of aromatic nitrogens is 1. The molecule has 3 rings (SSSR count). The summed E-state index contributed by atoms with van der Waals surface area (Å²) >= 11 is 0. The maximum Gasteiger partial charge on any atom is 0.253 e. The summed E-state index contributed by atoms with van der Waals surface area (Å²) in [4.78, 5) is 12.1. The zero-order chi connectivity index (χ0) is 17.6. The summed E-state index contributed by atoms with van der Waals surface area (Å²) in [5, 5.41) is 9.75. The van der Waals surface area contributed by atoms with Gasteiger partial charge in [-0.2, -0.15) is 0 Å². The Balaban J connectivity index is 1.82. The highest BCUT2D eigenvalue weighted by Gasteiger charge is 2.16. The fourth-order valence-electron chi connectivity index (χ4n) is 2.70. The van der Waals surface area contributed by atoms with Crippen molar-refractivity contribution >= 4 is 0 Å². The molecule has 0 amide bonds. The number of aliphatic hydroxyl groups excluding tert-OH is 1. The molecule has 0 fully saturated rings. The van der Waals surface area contributed by atoms with Crippen LogP contribution in [0.4, 0.5) is 0 Å². The number of ether oxygens (including phenoxy) is 1. The first-order chi connectivity index (χ1) is 12.1. The van der Waals surface area contributed by atoms with Crippen LogP contribution in [0.3, 0.4) is 0 Å². The molecule has 1 N–H and O–H groups in total. The Kier molecular flexibility index (Phi) is 5.31. The minimum absolute atomic E-state index is 0.158. The summed E-state index contributed by atoms with van der Waals surface area (Å²) in [5.74, 6) is 0.654. The van der Waals surface area contributed by atoms with Crippen molar-refractivity contribution in [2.45, 2.75) is 25.7 Å². The van der Waals surface area contributed by atoms with Crippen LogP contribution >= 0.6 is 0 Å². The van der Waals surface area contributed by atoms with E-state index < -0.39 is 12.3 Å². The molecule has 0 bridgehead atoms. The fourth-order valence-corrected chi connectivity index (χ4v) is 2.70. The van der Waals surface area contributed by atoms with E-state index in [1.807, 2.05) is 42.5 Å². The molecule has 0 aliphatic heterocycles. The second-order valence-electron chi connectivity index (χ2n) is 5.99. The van der Waals surface area contributed by atoms with Crippen LogP contribution in [-0.2, 0) is 0 Å². The van der Waals surface area contributed by atoms with Crippen molar-refractivity contribution < 1.29 is 9.84 Å². The van der Waals surface area contributed by atoms with Crippen molar-refractivity contribution in [3.05, 3.63) is 89.3 Å². The van der Waals surface area contributed by atoms with Crippen LogP contribution in [-0.4, -0.2) is 15.8 Å². The molecule has 0 saturated carbocycles. The van der Waals surface area contributed by atoms with Crippen molar-refractivity contribution in [3.8, 4) is 16.9 Å². The summed E-state index contributed by atoms with van der Waals surface area (Å²) in [6.07, 6.45) is 0.856. The first-order valence-electron chi connectivity index (χ1n) is 8.31. The average Bonchev–Trinajstić information content (AvgIpc) is 2.63. The monoisotopic (exact) mass is 335 g/mol. The maximum absolute atomic E-state index is 12.1. The van der Waals surface area contributed by atoms with Crippen molar-refractivity contribution in [1.29, 1.82) is 0 Å². The lowest BCUT2D eigenvalue weighted by molar-refractivity contribution is 0.0602. The van der Waals surface area contributed by atoms with Gasteiger partial charge in [0.05, 0.1) is 6.10 Å². The normalized spacial score (nSPS) is 13.2. The van der Waals surface area contributed by atoms with Gasteiger partial charge in [-0.25, -0.2) is 0 Å². The van der Waals surface area contributed by atoms with Crippen molar-refractivity contribution in [1.82, 2.24) is 4.57 Å². The summed E-state index contributed by atoms with van der Waals surface area (Å²) in [6, 6.07) is 22.8. The molecule has 2 atom stereocenters. The minimum atomic E-state index is -0.583. The van der Waals surface area contributed by atoms with Gasteiger partial charge < -0.3 is 9.84 Å². The first-order valence-corrected chi connectivity index (χ1v) is 8.31. The minimum Gasteiger partial charge on any atom is -0.470 e. The Bertz CT molecular complexity index is 854. The van der Waals surface area contributed by atoms with Gasteiger partial charge in [-0.3, -0.25) is 9.36 Å². The number of aliphatic hydroxyl groups is 1. The van der Waals surface area contributed by atoms with Crippen molar-refractivity contribution in [2.24, 2.45) is 0 Å². The Hall–Kier alpha value is -2.85. The van der Waals surface area contributed by atoms with Crippen molar-refractivity contribution in [2.75, 3.05) is 0 Å². The predicted molar refractivity (Wildman–Crippen MR) is 98.5 cm³/mol. The van der Waals surface area contributed by atoms with E-state index in [2.05, 4.69) is 12.1 Å². The Morgan fingerprint density at radius 1 is 0.920 bits per heavy atom. The van der Waals surface area contributed by atoms with Gasteiger partial charge >= 0.3 is 0 Å². The topological polar surface area (TPSA) is 51.5 Å². The Labute approximate surface area is 147 Å². The average molecular weight is 335 g/mol. The summed E-state index contributed by atoms with van der Waals surface area (Å²) in [5.41, 5.74) is 2.07. The molecule has 128 valence electrons. The molecule has 0 saturated heterocycles. The SMILES string of the molecule is CC(O)CC(Oc1ccc(-c2ccccc2)cc1)n1ccccc1=O. The van der Waals surface area contributed by atoms with Gasteiger partial charge in [0.2, 0.25) is 0 Å². The van der Waals surface area contributed by atoms with E-state index >= 15 is 0 Å². The highest BCUT2D eigenvalue weighted by atomic mass is 16.5. The number of nitrogens with zero attached hydrogens (tertiary/aromatic N) is 1. The van der Waals surface area contributed by atoms with Gasteiger partial charge in [-0.1, -0.05) is 48.5 Å². The lowest BCUT2D eigenvalue weighted by Crippen LogP contribution is -2.29. The quantitative estimate of drug-likeness (QED) is 0.744. The lowest BCUT2D eigenvalue weighted by Gasteiger charge is -2.22. The molecule has 2 unspecified atom stereocenters. The molecule has 0 aliphatic carbocycles. The molecule has 1 heterocycles. The third kappa shape index (κ3) is 4.37. The second-order valence-corrected chi connectivity index (χ2v) is 5.99. The Morgan fingerprint density at radius 2 is 1.56 bits per heavy atom. The van der Waals surface area contributed by atoms with Crippen LogP contribution < -0.4 is 10.3 Å². The zero-order valence-corrected chi connectivity index (χ0v) is 14.1. The van der Waals surface area contributed by atoms with E-state index in [1.54, 1.807) is 25.3 Å². The Morgan fingerprint density at radius 3 is 2.20 bits per heavy atom. The van der Waals surface area contributed by atoms with Crippen LogP contribution in [0.1, 0.15) is 19.6 Å². The smallest absolute Gasteiger partial charge is 0.253 e.